The first-order valence-electron chi connectivity index (χ1n) is 6.70. The van der Waals surface area contributed by atoms with Crippen LogP contribution >= 0.6 is 27.3 Å². The van der Waals surface area contributed by atoms with Gasteiger partial charge in [-0.1, -0.05) is 6.42 Å². The molecule has 102 valence electrons. The highest BCUT2D eigenvalue weighted by atomic mass is 79.9. The van der Waals surface area contributed by atoms with Crippen LogP contribution in [0.1, 0.15) is 24.1 Å². The van der Waals surface area contributed by atoms with Gasteiger partial charge in [0.25, 0.3) is 0 Å². The van der Waals surface area contributed by atoms with E-state index in [2.05, 4.69) is 51.7 Å². The van der Waals surface area contributed by atoms with Gasteiger partial charge in [-0.3, -0.25) is 0 Å². The first kappa shape index (κ1) is 14.5. The van der Waals surface area contributed by atoms with Gasteiger partial charge in [-0.15, -0.1) is 11.3 Å². The van der Waals surface area contributed by atoms with E-state index in [9.17, 15) is 0 Å². The quantitative estimate of drug-likeness (QED) is 0.824. The molecule has 0 aromatic carbocycles. The van der Waals surface area contributed by atoms with Crippen LogP contribution in [-0.2, 0) is 6.42 Å². The zero-order valence-electron chi connectivity index (χ0n) is 11.3. The van der Waals surface area contributed by atoms with Gasteiger partial charge in [-0.2, -0.15) is 0 Å². The summed E-state index contributed by atoms with van der Waals surface area (Å²) < 4.78 is 1.22. The molecule has 0 unspecified atom stereocenters. The van der Waals surface area contributed by atoms with Crippen molar-refractivity contribution in [2.24, 2.45) is 5.41 Å². The molecule has 0 spiro atoms. The van der Waals surface area contributed by atoms with E-state index in [1.807, 2.05) is 11.3 Å². The minimum Gasteiger partial charge on any atom is -0.319 e. The Labute approximate surface area is 123 Å². The number of hydrogen-bond donors (Lipinski definition) is 1. The predicted molar refractivity (Wildman–Crippen MR) is 83.4 cm³/mol. The molecule has 1 N–H and O–H groups in total. The lowest BCUT2D eigenvalue weighted by Crippen LogP contribution is -2.47. The van der Waals surface area contributed by atoms with E-state index in [1.54, 1.807) is 0 Å². The Morgan fingerprint density at radius 2 is 2.28 bits per heavy atom. The fourth-order valence-electron chi connectivity index (χ4n) is 2.88. The highest BCUT2D eigenvalue weighted by Gasteiger charge is 2.36. The molecule has 4 heteroatoms. The molecule has 0 radical (unpaired) electrons. The van der Waals surface area contributed by atoms with Gasteiger partial charge in [0, 0.05) is 34.4 Å². The van der Waals surface area contributed by atoms with Gasteiger partial charge in [0.1, 0.15) is 0 Å². The Morgan fingerprint density at radius 3 is 2.78 bits per heavy atom. The molecule has 1 aliphatic rings. The van der Waals surface area contributed by atoms with E-state index in [-0.39, 0.29) is 0 Å². The van der Waals surface area contributed by atoms with Crippen molar-refractivity contribution in [3.63, 3.8) is 0 Å². The lowest BCUT2D eigenvalue weighted by Gasteiger charge is -2.44. The molecule has 1 saturated carbocycles. The Morgan fingerprint density at radius 1 is 1.50 bits per heavy atom. The maximum absolute atomic E-state index is 3.52. The first-order chi connectivity index (χ1) is 8.63. The monoisotopic (exact) mass is 330 g/mol. The fraction of sp³-hybridized carbons (Fsp3) is 0.714. The van der Waals surface area contributed by atoms with E-state index in [4.69, 9.17) is 0 Å². The number of rotatable bonds is 7. The standard InChI is InChI=1S/C14H23BrN2S/c1-16-10-14(5-3-6-14)11-17(2)7-4-13-8-12(15)9-18-13/h8-9,16H,3-7,10-11H2,1-2H3. The zero-order chi connectivity index (χ0) is 13.0. The van der Waals surface area contributed by atoms with Gasteiger partial charge in [-0.05, 0) is 60.8 Å². The second-order valence-electron chi connectivity index (χ2n) is 5.60. The Bertz CT molecular complexity index is 374. The molecule has 1 aromatic heterocycles. The highest BCUT2D eigenvalue weighted by molar-refractivity contribution is 9.10. The van der Waals surface area contributed by atoms with Crippen LogP contribution in [-0.4, -0.2) is 38.6 Å². The third-order valence-corrected chi connectivity index (χ3v) is 5.69. The van der Waals surface area contributed by atoms with Crippen molar-refractivity contribution >= 4 is 27.3 Å². The second kappa shape index (κ2) is 6.51. The molecule has 0 saturated heterocycles. The van der Waals surface area contributed by atoms with Crippen LogP contribution in [0.15, 0.2) is 15.9 Å². The number of likely N-dealkylation sites (N-methyl/N-ethyl adjacent to an activating group) is 1. The number of thiophene rings is 1. The summed E-state index contributed by atoms with van der Waals surface area (Å²) in [6.07, 6.45) is 5.36. The van der Waals surface area contributed by atoms with E-state index in [0.29, 0.717) is 5.41 Å². The topological polar surface area (TPSA) is 15.3 Å². The lowest BCUT2D eigenvalue weighted by molar-refractivity contribution is 0.0804. The SMILES string of the molecule is CNCC1(CN(C)CCc2cc(Br)cs2)CCC1. The molecule has 18 heavy (non-hydrogen) atoms. The van der Waals surface area contributed by atoms with E-state index >= 15 is 0 Å². The van der Waals surface area contributed by atoms with Crippen LogP contribution in [0.2, 0.25) is 0 Å². The van der Waals surface area contributed by atoms with Crippen LogP contribution in [0.5, 0.6) is 0 Å². The Kier molecular flexibility index (Phi) is 5.24. The van der Waals surface area contributed by atoms with Crippen molar-refractivity contribution in [1.82, 2.24) is 10.2 Å². The fourth-order valence-corrected chi connectivity index (χ4v) is 4.32. The van der Waals surface area contributed by atoms with Crippen LogP contribution in [0.3, 0.4) is 0 Å². The van der Waals surface area contributed by atoms with Crippen LogP contribution < -0.4 is 5.32 Å². The largest absolute Gasteiger partial charge is 0.319 e. The second-order valence-corrected chi connectivity index (χ2v) is 7.51. The number of hydrogen-bond acceptors (Lipinski definition) is 3. The maximum Gasteiger partial charge on any atom is 0.0285 e. The van der Waals surface area contributed by atoms with Crippen LogP contribution in [0, 0.1) is 5.41 Å². The zero-order valence-corrected chi connectivity index (χ0v) is 13.7. The number of nitrogens with one attached hydrogen (secondary N) is 1. The smallest absolute Gasteiger partial charge is 0.0285 e. The van der Waals surface area contributed by atoms with E-state index < -0.39 is 0 Å². The third kappa shape index (κ3) is 3.80. The minimum absolute atomic E-state index is 0.555. The van der Waals surface area contributed by atoms with Crippen molar-refractivity contribution < 1.29 is 0 Å². The van der Waals surface area contributed by atoms with Gasteiger partial charge in [0.15, 0.2) is 0 Å². The Balaban J connectivity index is 1.76. The number of halogens is 1. The van der Waals surface area contributed by atoms with Crippen molar-refractivity contribution in [2.45, 2.75) is 25.7 Å². The van der Waals surface area contributed by atoms with E-state index in [0.717, 1.165) is 0 Å². The van der Waals surface area contributed by atoms with Gasteiger partial charge >= 0.3 is 0 Å². The molecule has 1 heterocycles. The summed E-state index contributed by atoms with van der Waals surface area (Å²) in [7, 11) is 4.33. The van der Waals surface area contributed by atoms with Crippen molar-refractivity contribution in [2.75, 3.05) is 33.7 Å². The van der Waals surface area contributed by atoms with Crippen molar-refractivity contribution in [3.05, 3.63) is 20.8 Å². The molecule has 1 fully saturated rings. The molecule has 0 amide bonds. The molecule has 1 aliphatic carbocycles. The van der Waals surface area contributed by atoms with Crippen LogP contribution in [0.4, 0.5) is 0 Å². The van der Waals surface area contributed by atoms with Crippen LogP contribution in [0.25, 0.3) is 0 Å². The lowest BCUT2D eigenvalue weighted by atomic mass is 9.68. The molecule has 0 bridgehead atoms. The summed E-state index contributed by atoms with van der Waals surface area (Å²) in [5.74, 6) is 0. The van der Waals surface area contributed by atoms with Gasteiger partial charge < -0.3 is 10.2 Å². The van der Waals surface area contributed by atoms with Gasteiger partial charge in [0.05, 0.1) is 0 Å². The minimum atomic E-state index is 0.555. The normalized spacial score (nSPS) is 18.0. The van der Waals surface area contributed by atoms with Gasteiger partial charge in [-0.25, -0.2) is 0 Å². The van der Waals surface area contributed by atoms with Gasteiger partial charge in [0.2, 0.25) is 0 Å². The Hall–Kier alpha value is 0.1000. The highest BCUT2D eigenvalue weighted by Crippen LogP contribution is 2.40. The summed E-state index contributed by atoms with van der Waals surface area (Å²) in [4.78, 5) is 3.98. The average molecular weight is 331 g/mol. The molecule has 2 nitrogen and oxygen atoms in total. The molecular formula is C14H23BrN2S. The molecular weight excluding hydrogens is 308 g/mol. The van der Waals surface area contributed by atoms with E-state index in [1.165, 1.54) is 54.7 Å². The number of nitrogens with zero attached hydrogens (tertiary/aromatic N) is 1. The average Bonchev–Trinajstić information content (AvgIpc) is 2.70. The summed E-state index contributed by atoms with van der Waals surface area (Å²) in [5.41, 5.74) is 0.555. The summed E-state index contributed by atoms with van der Waals surface area (Å²) >= 11 is 5.37. The summed E-state index contributed by atoms with van der Waals surface area (Å²) in [6.45, 7) is 3.57. The van der Waals surface area contributed by atoms with Crippen molar-refractivity contribution in [3.8, 4) is 0 Å². The van der Waals surface area contributed by atoms with Crippen molar-refractivity contribution in [1.29, 1.82) is 0 Å². The summed E-state index contributed by atoms with van der Waals surface area (Å²) in [5, 5.41) is 5.53. The summed E-state index contributed by atoms with van der Waals surface area (Å²) in [6, 6.07) is 2.24. The predicted octanol–water partition coefficient (Wildman–Crippen LogP) is 3.37. The molecule has 0 aliphatic heterocycles. The third-order valence-electron chi connectivity index (χ3n) is 3.93. The molecule has 2 rings (SSSR count). The first-order valence-corrected chi connectivity index (χ1v) is 8.37. The molecule has 0 atom stereocenters. The maximum atomic E-state index is 3.52. The molecule has 1 aromatic rings.